The van der Waals surface area contributed by atoms with Crippen molar-refractivity contribution in [1.82, 2.24) is 0 Å². The molecule has 1 aliphatic carbocycles. The van der Waals surface area contributed by atoms with Crippen LogP contribution in [0.25, 0.3) is 33.0 Å². The van der Waals surface area contributed by atoms with E-state index in [0.29, 0.717) is 0 Å². The third-order valence-electron chi connectivity index (χ3n) is 3.72. The van der Waals surface area contributed by atoms with Crippen LogP contribution in [0, 0.1) is 0 Å². The van der Waals surface area contributed by atoms with E-state index in [4.69, 9.17) is 0 Å². The quantitative estimate of drug-likeness (QED) is 0.413. The topological polar surface area (TPSA) is 0 Å². The molecule has 0 nitrogen and oxygen atoms in total. The zero-order valence-electron chi connectivity index (χ0n) is 9.78. The van der Waals surface area contributed by atoms with Gasteiger partial charge in [0, 0.05) is 5.33 Å². The molecule has 0 N–H and O–H groups in total. The van der Waals surface area contributed by atoms with Crippen molar-refractivity contribution >= 4 is 26.7 Å². The summed E-state index contributed by atoms with van der Waals surface area (Å²) in [6, 6.07) is 19.9. The van der Waals surface area contributed by atoms with E-state index in [2.05, 4.69) is 70.5 Å². The molecule has 86 valence electrons. The highest BCUT2D eigenvalue weighted by Gasteiger charge is 2.20. The summed E-state index contributed by atoms with van der Waals surface area (Å²) in [5.41, 5.74) is 6.82. The van der Waals surface area contributed by atoms with Gasteiger partial charge in [-0.05, 0) is 44.7 Å². The molecular weight excluding hydrogens is 284 g/mol. The van der Waals surface area contributed by atoms with Crippen LogP contribution in [-0.4, -0.2) is 0 Å². The largest absolute Gasteiger partial charge is 0.0876 e. The molecule has 0 aliphatic heterocycles. The second-order valence-corrected chi connectivity index (χ2v) is 5.28. The predicted octanol–water partition coefficient (Wildman–Crippen LogP) is 5.38. The molecule has 0 spiro atoms. The lowest BCUT2D eigenvalue weighted by atomic mass is 10.0. The highest BCUT2D eigenvalue weighted by molar-refractivity contribution is 9.08. The summed E-state index contributed by atoms with van der Waals surface area (Å²) >= 11 is 3.54. The normalized spacial score (nSPS) is 11.8. The average molecular weight is 295 g/mol. The molecule has 0 saturated carbocycles. The molecule has 0 aromatic heterocycles. The molecule has 0 saturated heterocycles. The van der Waals surface area contributed by atoms with Gasteiger partial charge >= 0.3 is 0 Å². The number of fused-ring (bicyclic) bond motifs is 3. The Labute approximate surface area is 114 Å². The number of alkyl halides is 1. The molecule has 0 amide bonds. The smallest absolute Gasteiger partial charge is 0.0283 e. The van der Waals surface area contributed by atoms with E-state index in [-0.39, 0.29) is 0 Å². The van der Waals surface area contributed by atoms with Crippen LogP contribution in [0.1, 0.15) is 5.56 Å². The van der Waals surface area contributed by atoms with Gasteiger partial charge in [-0.2, -0.15) is 0 Å². The lowest BCUT2D eigenvalue weighted by molar-refractivity contribution is 1.44. The molecule has 4 rings (SSSR count). The van der Waals surface area contributed by atoms with Gasteiger partial charge in [0.05, 0.1) is 0 Å². The Kier molecular flexibility index (Phi) is 2.12. The van der Waals surface area contributed by atoms with Crippen molar-refractivity contribution in [3.63, 3.8) is 0 Å². The molecule has 0 heterocycles. The van der Waals surface area contributed by atoms with Gasteiger partial charge in [0.2, 0.25) is 0 Å². The summed E-state index contributed by atoms with van der Waals surface area (Å²) in [6.07, 6.45) is 0. The number of rotatable bonds is 1. The minimum atomic E-state index is 0.909. The fourth-order valence-corrected chi connectivity index (χ4v) is 3.27. The van der Waals surface area contributed by atoms with Crippen LogP contribution < -0.4 is 0 Å². The van der Waals surface area contributed by atoms with Gasteiger partial charge < -0.3 is 0 Å². The number of hydrogen-bond donors (Lipinski definition) is 0. The minimum Gasteiger partial charge on any atom is -0.0876 e. The monoisotopic (exact) mass is 294 g/mol. The first kappa shape index (κ1) is 10.3. The SMILES string of the molecule is BrCc1ccc2c(c1)-c1cccc3cccc-2c13. The summed E-state index contributed by atoms with van der Waals surface area (Å²) in [5, 5.41) is 3.65. The molecule has 3 aromatic carbocycles. The van der Waals surface area contributed by atoms with Crippen LogP contribution in [0.5, 0.6) is 0 Å². The molecule has 1 aliphatic rings. The van der Waals surface area contributed by atoms with Gasteiger partial charge in [-0.15, -0.1) is 0 Å². The van der Waals surface area contributed by atoms with E-state index in [1.165, 1.54) is 38.6 Å². The molecule has 0 atom stereocenters. The summed E-state index contributed by atoms with van der Waals surface area (Å²) in [6.45, 7) is 0. The van der Waals surface area contributed by atoms with Gasteiger partial charge in [0.1, 0.15) is 0 Å². The molecule has 1 heteroatoms. The van der Waals surface area contributed by atoms with E-state index in [1.54, 1.807) is 0 Å². The van der Waals surface area contributed by atoms with Crippen LogP contribution in [0.2, 0.25) is 0 Å². The lowest BCUT2D eigenvalue weighted by Gasteiger charge is -2.03. The summed E-state index contributed by atoms with van der Waals surface area (Å²) in [7, 11) is 0. The van der Waals surface area contributed by atoms with Crippen molar-refractivity contribution < 1.29 is 0 Å². The Bertz CT molecular complexity index is 766. The van der Waals surface area contributed by atoms with Crippen LogP contribution in [0.3, 0.4) is 0 Å². The minimum absolute atomic E-state index is 0.909. The van der Waals surface area contributed by atoms with Crippen molar-refractivity contribution in [2.75, 3.05) is 0 Å². The fourth-order valence-electron chi connectivity index (χ4n) is 2.92. The maximum absolute atomic E-state index is 3.54. The van der Waals surface area contributed by atoms with Crippen molar-refractivity contribution in [2.24, 2.45) is 0 Å². The van der Waals surface area contributed by atoms with Crippen LogP contribution in [0.15, 0.2) is 54.6 Å². The highest BCUT2D eigenvalue weighted by atomic mass is 79.9. The number of benzene rings is 3. The van der Waals surface area contributed by atoms with Gasteiger partial charge in [0.25, 0.3) is 0 Å². The van der Waals surface area contributed by atoms with Gasteiger partial charge in [-0.25, -0.2) is 0 Å². The first-order chi connectivity index (χ1) is 8.88. The first-order valence-corrected chi connectivity index (χ1v) is 7.22. The Morgan fingerprint density at radius 3 is 2.17 bits per heavy atom. The van der Waals surface area contributed by atoms with Crippen LogP contribution >= 0.6 is 15.9 Å². The second kappa shape index (κ2) is 3.69. The van der Waals surface area contributed by atoms with Crippen molar-refractivity contribution in [2.45, 2.75) is 5.33 Å². The maximum Gasteiger partial charge on any atom is 0.0283 e. The van der Waals surface area contributed by atoms with Crippen molar-refractivity contribution in [3.8, 4) is 22.3 Å². The predicted molar refractivity (Wildman–Crippen MR) is 81.0 cm³/mol. The second-order valence-electron chi connectivity index (χ2n) is 4.72. The number of halogens is 1. The Balaban J connectivity index is 2.17. The third kappa shape index (κ3) is 1.25. The third-order valence-corrected chi connectivity index (χ3v) is 4.37. The molecule has 0 unspecified atom stereocenters. The summed E-state index contributed by atoms with van der Waals surface area (Å²) in [4.78, 5) is 0. The van der Waals surface area contributed by atoms with E-state index < -0.39 is 0 Å². The van der Waals surface area contributed by atoms with Gasteiger partial charge in [-0.1, -0.05) is 64.5 Å². The first-order valence-electron chi connectivity index (χ1n) is 6.10. The van der Waals surface area contributed by atoms with Crippen molar-refractivity contribution in [1.29, 1.82) is 0 Å². The zero-order valence-corrected chi connectivity index (χ0v) is 11.4. The molecule has 0 radical (unpaired) electrons. The molecular formula is C17H11Br. The highest BCUT2D eigenvalue weighted by Crippen LogP contribution is 2.47. The van der Waals surface area contributed by atoms with E-state index in [9.17, 15) is 0 Å². The zero-order chi connectivity index (χ0) is 12.1. The molecule has 0 bridgehead atoms. The number of hydrogen-bond acceptors (Lipinski definition) is 0. The Morgan fingerprint density at radius 2 is 1.44 bits per heavy atom. The van der Waals surface area contributed by atoms with Crippen LogP contribution in [0.4, 0.5) is 0 Å². The average Bonchev–Trinajstić information content (AvgIpc) is 2.76. The maximum atomic E-state index is 3.54. The lowest BCUT2D eigenvalue weighted by Crippen LogP contribution is -1.81. The van der Waals surface area contributed by atoms with E-state index in [1.807, 2.05) is 0 Å². The van der Waals surface area contributed by atoms with Gasteiger partial charge in [0.15, 0.2) is 0 Å². The standard InChI is InChI=1S/C17H11Br/c18-10-11-7-8-13-14-5-1-3-12-4-2-6-15(17(12)14)16(13)9-11/h1-9H,10H2. The van der Waals surface area contributed by atoms with Gasteiger partial charge in [-0.3, -0.25) is 0 Å². The Morgan fingerprint density at radius 1 is 0.722 bits per heavy atom. The van der Waals surface area contributed by atoms with E-state index >= 15 is 0 Å². The van der Waals surface area contributed by atoms with E-state index in [0.717, 1.165) is 5.33 Å². The molecule has 18 heavy (non-hydrogen) atoms. The molecule has 0 fully saturated rings. The Hall–Kier alpha value is -1.60. The summed E-state index contributed by atoms with van der Waals surface area (Å²) < 4.78 is 0. The summed E-state index contributed by atoms with van der Waals surface area (Å²) in [5.74, 6) is 0. The molecule has 3 aromatic rings. The fraction of sp³-hybridized carbons (Fsp3) is 0.0588. The van der Waals surface area contributed by atoms with Crippen molar-refractivity contribution in [3.05, 3.63) is 60.2 Å². The van der Waals surface area contributed by atoms with Crippen LogP contribution in [-0.2, 0) is 5.33 Å².